The third-order valence-corrected chi connectivity index (χ3v) is 3.67. The number of ether oxygens (including phenoxy) is 1. The summed E-state index contributed by atoms with van der Waals surface area (Å²) in [6.45, 7) is 0.0894. The zero-order chi connectivity index (χ0) is 17.7. The number of hydrogen-bond acceptors (Lipinski definition) is 4. The Hall–Kier alpha value is -2.51. The molecular formula is C16H14ClFN2O4. The Balaban J connectivity index is 2.08. The van der Waals surface area contributed by atoms with E-state index in [1.807, 2.05) is 0 Å². The highest BCUT2D eigenvalue weighted by Crippen LogP contribution is 2.23. The molecular weight excluding hydrogens is 339 g/mol. The van der Waals surface area contributed by atoms with E-state index >= 15 is 0 Å². The maximum absolute atomic E-state index is 13.3. The third-order valence-electron chi connectivity index (χ3n) is 3.36. The standard InChI is InChI=1S/C16H14ClFN2O4/c1-24-15(10-3-2-4-11(18)7-10)9-19-16(21)13-6-5-12(20(22)23)8-14(13)17/h2-8,15H,9H2,1H3,(H,19,21). The number of nitrogens with zero attached hydrogens (tertiary/aromatic N) is 1. The first-order valence-electron chi connectivity index (χ1n) is 6.92. The molecule has 2 aromatic carbocycles. The van der Waals surface area contributed by atoms with Gasteiger partial charge in [0.25, 0.3) is 11.6 Å². The monoisotopic (exact) mass is 352 g/mol. The van der Waals surface area contributed by atoms with E-state index in [2.05, 4.69) is 5.32 Å². The number of rotatable bonds is 6. The van der Waals surface area contributed by atoms with Crippen LogP contribution in [-0.4, -0.2) is 24.5 Å². The molecule has 6 nitrogen and oxygen atoms in total. The zero-order valence-electron chi connectivity index (χ0n) is 12.7. The van der Waals surface area contributed by atoms with Crippen molar-refractivity contribution in [1.82, 2.24) is 5.32 Å². The quantitative estimate of drug-likeness (QED) is 0.637. The average molecular weight is 353 g/mol. The molecule has 24 heavy (non-hydrogen) atoms. The van der Waals surface area contributed by atoms with Crippen LogP contribution < -0.4 is 5.32 Å². The van der Waals surface area contributed by atoms with Gasteiger partial charge < -0.3 is 10.1 Å². The first-order valence-corrected chi connectivity index (χ1v) is 7.30. The van der Waals surface area contributed by atoms with Crippen molar-refractivity contribution < 1.29 is 18.8 Å². The Labute approximate surface area is 142 Å². The molecule has 1 amide bonds. The fourth-order valence-corrected chi connectivity index (χ4v) is 2.39. The van der Waals surface area contributed by atoms with E-state index in [-0.39, 0.29) is 22.8 Å². The summed E-state index contributed by atoms with van der Waals surface area (Å²) in [5, 5.41) is 13.3. The number of nitro benzene ring substituents is 1. The summed E-state index contributed by atoms with van der Waals surface area (Å²) < 4.78 is 18.5. The summed E-state index contributed by atoms with van der Waals surface area (Å²) in [4.78, 5) is 22.2. The smallest absolute Gasteiger partial charge is 0.270 e. The minimum Gasteiger partial charge on any atom is -0.375 e. The molecule has 2 aromatic rings. The summed E-state index contributed by atoms with van der Waals surface area (Å²) in [6, 6.07) is 9.44. The van der Waals surface area contributed by atoms with E-state index in [0.717, 1.165) is 6.07 Å². The van der Waals surface area contributed by atoms with Crippen molar-refractivity contribution in [2.75, 3.05) is 13.7 Å². The van der Waals surface area contributed by atoms with Crippen molar-refractivity contribution in [3.05, 3.63) is 74.5 Å². The molecule has 0 spiro atoms. The van der Waals surface area contributed by atoms with Crippen molar-refractivity contribution >= 4 is 23.2 Å². The maximum atomic E-state index is 13.3. The molecule has 0 radical (unpaired) electrons. The number of carbonyl (C=O) groups excluding carboxylic acids is 1. The van der Waals surface area contributed by atoms with Gasteiger partial charge in [0.15, 0.2) is 0 Å². The number of nitro groups is 1. The highest BCUT2D eigenvalue weighted by Gasteiger charge is 2.17. The fourth-order valence-electron chi connectivity index (χ4n) is 2.13. The van der Waals surface area contributed by atoms with Crippen LogP contribution in [0.15, 0.2) is 42.5 Å². The first-order chi connectivity index (χ1) is 11.4. The Morgan fingerprint density at radius 2 is 2.12 bits per heavy atom. The summed E-state index contributed by atoms with van der Waals surface area (Å²) in [7, 11) is 1.45. The molecule has 0 heterocycles. The maximum Gasteiger partial charge on any atom is 0.270 e. The Bertz CT molecular complexity index is 769. The molecule has 1 N–H and O–H groups in total. The molecule has 0 aliphatic carbocycles. The van der Waals surface area contributed by atoms with Gasteiger partial charge in [0, 0.05) is 25.8 Å². The number of halogens is 2. The predicted molar refractivity (Wildman–Crippen MR) is 86.6 cm³/mol. The second kappa shape index (κ2) is 7.85. The van der Waals surface area contributed by atoms with Gasteiger partial charge in [-0.2, -0.15) is 0 Å². The molecule has 1 unspecified atom stereocenters. The van der Waals surface area contributed by atoms with E-state index < -0.39 is 22.8 Å². The molecule has 0 aromatic heterocycles. The number of carbonyl (C=O) groups is 1. The molecule has 0 saturated heterocycles. The molecule has 2 rings (SSSR count). The highest BCUT2D eigenvalue weighted by atomic mass is 35.5. The van der Waals surface area contributed by atoms with Crippen molar-refractivity contribution in [1.29, 1.82) is 0 Å². The summed E-state index contributed by atoms with van der Waals surface area (Å²) >= 11 is 5.91. The normalized spacial score (nSPS) is 11.8. The molecule has 0 aliphatic rings. The Morgan fingerprint density at radius 3 is 2.71 bits per heavy atom. The van der Waals surface area contributed by atoms with Gasteiger partial charge in [-0.3, -0.25) is 14.9 Å². The van der Waals surface area contributed by atoms with Crippen LogP contribution in [0.3, 0.4) is 0 Å². The largest absolute Gasteiger partial charge is 0.375 e. The molecule has 126 valence electrons. The van der Waals surface area contributed by atoms with E-state index in [0.29, 0.717) is 5.56 Å². The first kappa shape index (κ1) is 17.8. The van der Waals surface area contributed by atoms with Crippen LogP contribution >= 0.6 is 11.6 Å². The lowest BCUT2D eigenvalue weighted by Crippen LogP contribution is -2.29. The van der Waals surface area contributed by atoms with Crippen LogP contribution in [-0.2, 0) is 4.74 Å². The SMILES string of the molecule is COC(CNC(=O)c1ccc([N+](=O)[O-])cc1Cl)c1cccc(F)c1. The van der Waals surface area contributed by atoms with Crippen LogP contribution in [0.5, 0.6) is 0 Å². The molecule has 1 atom stereocenters. The molecule has 0 fully saturated rings. The van der Waals surface area contributed by atoms with Gasteiger partial charge in [-0.1, -0.05) is 23.7 Å². The van der Waals surface area contributed by atoms with Crippen LogP contribution in [0.2, 0.25) is 5.02 Å². The minimum atomic E-state index is -0.599. The number of non-ortho nitro benzene ring substituents is 1. The van der Waals surface area contributed by atoms with Gasteiger partial charge in [-0.25, -0.2) is 4.39 Å². The van der Waals surface area contributed by atoms with Gasteiger partial charge in [-0.05, 0) is 23.8 Å². The second-order valence-electron chi connectivity index (χ2n) is 4.91. The lowest BCUT2D eigenvalue weighted by molar-refractivity contribution is -0.384. The predicted octanol–water partition coefficient (Wildman–Crippen LogP) is 3.50. The van der Waals surface area contributed by atoms with Crippen molar-refractivity contribution in [3.63, 3.8) is 0 Å². The van der Waals surface area contributed by atoms with Crippen molar-refractivity contribution in [2.24, 2.45) is 0 Å². The molecule has 0 aliphatic heterocycles. The summed E-state index contributed by atoms with van der Waals surface area (Å²) in [5.74, 6) is -0.910. The van der Waals surface area contributed by atoms with Gasteiger partial charge in [0.1, 0.15) is 5.82 Å². The van der Waals surface area contributed by atoms with Crippen LogP contribution in [0.4, 0.5) is 10.1 Å². The molecule has 0 bridgehead atoms. The van der Waals surface area contributed by atoms with Gasteiger partial charge in [0.2, 0.25) is 0 Å². The topological polar surface area (TPSA) is 81.5 Å². The second-order valence-corrected chi connectivity index (χ2v) is 5.32. The van der Waals surface area contributed by atoms with Crippen LogP contribution in [0, 0.1) is 15.9 Å². The minimum absolute atomic E-state index is 0.0265. The average Bonchev–Trinajstić information content (AvgIpc) is 2.55. The van der Waals surface area contributed by atoms with Crippen LogP contribution in [0.1, 0.15) is 22.0 Å². The number of amides is 1. The summed E-state index contributed by atoms with van der Waals surface area (Å²) in [6.07, 6.45) is -0.540. The lowest BCUT2D eigenvalue weighted by Gasteiger charge is -2.17. The fraction of sp³-hybridized carbons (Fsp3) is 0.188. The third kappa shape index (κ3) is 4.27. The van der Waals surface area contributed by atoms with Crippen molar-refractivity contribution in [2.45, 2.75) is 6.10 Å². The van der Waals surface area contributed by atoms with Crippen molar-refractivity contribution in [3.8, 4) is 0 Å². The lowest BCUT2D eigenvalue weighted by atomic mass is 10.1. The number of nitrogens with one attached hydrogen (secondary N) is 1. The molecule has 8 heteroatoms. The number of benzene rings is 2. The Kier molecular flexibility index (Phi) is 5.83. The van der Waals surface area contributed by atoms with E-state index in [1.54, 1.807) is 12.1 Å². The van der Waals surface area contributed by atoms with E-state index in [9.17, 15) is 19.3 Å². The van der Waals surface area contributed by atoms with Gasteiger partial charge in [0.05, 0.1) is 21.6 Å². The van der Waals surface area contributed by atoms with Crippen LogP contribution in [0.25, 0.3) is 0 Å². The number of hydrogen-bond donors (Lipinski definition) is 1. The Morgan fingerprint density at radius 1 is 1.38 bits per heavy atom. The van der Waals surface area contributed by atoms with E-state index in [1.165, 1.54) is 31.4 Å². The molecule has 0 saturated carbocycles. The van der Waals surface area contributed by atoms with Gasteiger partial charge >= 0.3 is 0 Å². The summed E-state index contributed by atoms with van der Waals surface area (Å²) in [5.41, 5.74) is 0.482. The van der Waals surface area contributed by atoms with Gasteiger partial charge in [-0.15, -0.1) is 0 Å². The number of methoxy groups -OCH3 is 1. The zero-order valence-corrected chi connectivity index (χ0v) is 13.4. The highest BCUT2D eigenvalue weighted by molar-refractivity contribution is 6.34. The van der Waals surface area contributed by atoms with E-state index in [4.69, 9.17) is 16.3 Å².